The monoisotopic (exact) mass is 435 g/mol. The first-order valence-corrected chi connectivity index (χ1v) is 10.9. The Morgan fingerprint density at radius 2 is 1.97 bits per heavy atom. The number of hydrogen-bond acceptors (Lipinski definition) is 7. The van der Waals surface area contributed by atoms with Crippen LogP contribution in [0.25, 0.3) is 10.8 Å². The molecule has 1 amide bonds. The van der Waals surface area contributed by atoms with Gasteiger partial charge < -0.3 is 9.47 Å². The minimum Gasteiger partial charge on any atom is -0.467 e. The van der Waals surface area contributed by atoms with Crippen molar-refractivity contribution in [2.24, 2.45) is 0 Å². The molecular formula is C20H25N3O6S. The number of nitrogens with zero attached hydrogens (tertiary/aromatic N) is 2. The summed E-state index contributed by atoms with van der Waals surface area (Å²) in [5, 5.41) is 1.22. The van der Waals surface area contributed by atoms with Gasteiger partial charge >= 0.3 is 12.1 Å². The lowest BCUT2D eigenvalue weighted by Crippen LogP contribution is -2.44. The quantitative estimate of drug-likeness (QED) is 0.731. The van der Waals surface area contributed by atoms with E-state index in [1.54, 1.807) is 45.2 Å². The van der Waals surface area contributed by atoms with Crippen LogP contribution in [-0.4, -0.2) is 61.7 Å². The van der Waals surface area contributed by atoms with Gasteiger partial charge in [0.15, 0.2) is 0 Å². The molecule has 2 heterocycles. The molecule has 1 fully saturated rings. The van der Waals surface area contributed by atoms with E-state index in [0.29, 0.717) is 10.8 Å². The molecule has 1 N–H and O–H groups in total. The summed E-state index contributed by atoms with van der Waals surface area (Å²) in [6, 6.07) is 4.93. The normalized spacial score (nSPS) is 19.7. The van der Waals surface area contributed by atoms with E-state index in [9.17, 15) is 18.0 Å². The molecule has 0 spiro atoms. The van der Waals surface area contributed by atoms with Gasteiger partial charge in [0.2, 0.25) is 10.0 Å². The summed E-state index contributed by atoms with van der Waals surface area (Å²) in [5.41, 5.74) is -0.758. The molecule has 1 aliphatic rings. The topological polar surface area (TPSA) is 115 Å². The number of nitrogens with one attached hydrogen (secondary N) is 1. The van der Waals surface area contributed by atoms with Crippen LogP contribution in [-0.2, 0) is 24.3 Å². The van der Waals surface area contributed by atoms with E-state index in [-0.39, 0.29) is 17.9 Å². The summed E-state index contributed by atoms with van der Waals surface area (Å²) < 4.78 is 38.9. The Kier molecular flexibility index (Phi) is 6.00. The van der Waals surface area contributed by atoms with Crippen molar-refractivity contribution >= 4 is 32.9 Å². The van der Waals surface area contributed by atoms with Gasteiger partial charge in [-0.1, -0.05) is 12.1 Å². The van der Waals surface area contributed by atoms with E-state index < -0.39 is 39.8 Å². The zero-order valence-electron chi connectivity index (χ0n) is 17.3. The lowest BCUT2D eigenvalue weighted by Gasteiger charge is -2.27. The second kappa shape index (κ2) is 8.19. The maximum atomic E-state index is 13.1. The van der Waals surface area contributed by atoms with Crippen molar-refractivity contribution in [1.82, 2.24) is 14.6 Å². The molecule has 0 unspecified atom stereocenters. The number of aromatic nitrogens is 1. The molecule has 0 bridgehead atoms. The molecule has 0 radical (unpaired) electrons. The van der Waals surface area contributed by atoms with Crippen LogP contribution in [0.1, 0.15) is 27.2 Å². The number of amides is 1. The summed E-state index contributed by atoms with van der Waals surface area (Å²) in [5.74, 6) is -0.626. The van der Waals surface area contributed by atoms with Crippen LogP contribution in [0.15, 0.2) is 41.6 Å². The molecule has 1 aliphatic heterocycles. The van der Waals surface area contributed by atoms with Gasteiger partial charge in [0, 0.05) is 35.8 Å². The van der Waals surface area contributed by atoms with Crippen LogP contribution in [0, 0.1) is 0 Å². The van der Waals surface area contributed by atoms with Gasteiger partial charge in [-0.15, -0.1) is 0 Å². The molecule has 1 saturated heterocycles. The number of carbonyl (C=O) groups is 2. The van der Waals surface area contributed by atoms with E-state index >= 15 is 0 Å². The predicted octanol–water partition coefficient (Wildman–Crippen LogP) is 2.06. The highest BCUT2D eigenvalue weighted by molar-refractivity contribution is 7.89. The van der Waals surface area contributed by atoms with Crippen LogP contribution in [0.4, 0.5) is 4.79 Å². The van der Waals surface area contributed by atoms with Crippen LogP contribution in [0.2, 0.25) is 0 Å². The fourth-order valence-corrected chi connectivity index (χ4v) is 4.88. The number of ether oxygens (including phenoxy) is 2. The van der Waals surface area contributed by atoms with E-state index in [0.717, 1.165) is 0 Å². The number of fused-ring (bicyclic) bond motifs is 1. The van der Waals surface area contributed by atoms with Crippen molar-refractivity contribution in [3.8, 4) is 0 Å². The molecule has 1 aromatic carbocycles. The highest BCUT2D eigenvalue weighted by Gasteiger charge is 2.43. The van der Waals surface area contributed by atoms with Gasteiger partial charge in [-0.25, -0.2) is 22.7 Å². The molecule has 9 nitrogen and oxygen atoms in total. The molecule has 2 atom stereocenters. The van der Waals surface area contributed by atoms with Gasteiger partial charge in [0.05, 0.1) is 12.0 Å². The number of benzene rings is 1. The number of carbonyl (C=O) groups excluding carboxylic acids is 2. The molecule has 0 saturated carbocycles. The molecule has 2 aromatic rings. The highest BCUT2D eigenvalue weighted by atomic mass is 32.2. The predicted molar refractivity (Wildman–Crippen MR) is 109 cm³/mol. The number of hydrogen-bond donors (Lipinski definition) is 1. The number of rotatable bonds is 4. The largest absolute Gasteiger partial charge is 0.467 e. The van der Waals surface area contributed by atoms with Crippen molar-refractivity contribution in [3.63, 3.8) is 0 Å². The smallest absolute Gasteiger partial charge is 0.411 e. The number of pyridine rings is 1. The van der Waals surface area contributed by atoms with Crippen molar-refractivity contribution in [2.75, 3.05) is 13.7 Å². The maximum Gasteiger partial charge on any atom is 0.411 e. The van der Waals surface area contributed by atoms with E-state index in [1.807, 2.05) is 0 Å². The SMILES string of the molecule is COC(=O)[C@@H]1C[C@@H](NS(=O)(=O)c2cccc3cnccc23)CN1C(=O)OC(C)(C)C. The van der Waals surface area contributed by atoms with Gasteiger partial charge in [-0.05, 0) is 39.3 Å². The van der Waals surface area contributed by atoms with Crippen molar-refractivity contribution < 1.29 is 27.5 Å². The highest BCUT2D eigenvalue weighted by Crippen LogP contribution is 2.26. The molecule has 10 heteroatoms. The Labute approximate surface area is 175 Å². The van der Waals surface area contributed by atoms with Gasteiger partial charge in [-0.2, -0.15) is 0 Å². The third kappa shape index (κ3) is 4.71. The Bertz CT molecular complexity index is 1060. The van der Waals surface area contributed by atoms with E-state index in [2.05, 4.69) is 9.71 Å². The Morgan fingerprint density at radius 1 is 1.23 bits per heavy atom. The zero-order valence-corrected chi connectivity index (χ0v) is 18.1. The van der Waals surface area contributed by atoms with Crippen molar-refractivity contribution in [2.45, 2.75) is 49.8 Å². The Balaban J connectivity index is 1.85. The standard InChI is InChI=1S/C20H25N3O6S/c1-20(2,3)29-19(25)23-12-14(10-16(23)18(24)28-4)22-30(26,27)17-7-5-6-13-11-21-9-8-15(13)17/h5-9,11,14,16,22H,10,12H2,1-4H3/t14-,16+/m1/s1. The number of sulfonamides is 1. The average molecular weight is 436 g/mol. The van der Waals surface area contributed by atoms with E-state index in [4.69, 9.17) is 9.47 Å². The minimum absolute atomic E-state index is 0.0137. The van der Waals surface area contributed by atoms with Crippen LogP contribution in [0.5, 0.6) is 0 Å². The first kappa shape index (κ1) is 22.0. The molecule has 3 rings (SSSR count). The Hall–Kier alpha value is -2.72. The second-order valence-corrected chi connectivity index (χ2v) is 9.76. The van der Waals surface area contributed by atoms with Gasteiger partial charge in [0.25, 0.3) is 0 Å². The summed E-state index contributed by atoms with van der Waals surface area (Å²) >= 11 is 0. The maximum absolute atomic E-state index is 13.1. The average Bonchev–Trinajstić information content (AvgIpc) is 3.09. The summed E-state index contributed by atoms with van der Waals surface area (Å²) in [6.45, 7) is 5.12. The first-order valence-electron chi connectivity index (χ1n) is 9.44. The fourth-order valence-electron chi connectivity index (χ4n) is 3.41. The summed E-state index contributed by atoms with van der Waals surface area (Å²) in [4.78, 5) is 30.1. The van der Waals surface area contributed by atoms with Crippen LogP contribution < -0.4 is 4.72 Å². The molecule has 0 aliphatic carbocycles. The number of esters is 1. The van der Waals surface area contributed by atoms with Crippen LogP contribution >= 0.6 is 0 Å². The minimum atomic E-state index is -3.92. The van der Waals surface area contributed by atoms with E-state index in [1.165, 1.54) is 24.3 Å². The number of methoxy groups -OCH3 is 1. The van der Waals surface area contributed by atoms with Crippen LogP contribution in [0.3, 0.4) is 0 Å². The molecule has 1 aromatic heterocycles. The Morgan fingerprint density at radius 3 is 2.63 bits per heavy atom. The van der Waals surface area contributed by atoms with Gasteiger partial charge in [-0.3, -0.25) is 9.88 Å². The fraction of sp³-hybridized carbons (Fsp3) is 0.450. The van der Waals surface area contributed by atoms with Crippen molar-refractivity contribution in [1.29, 1.82) is 0 Å². The molecule has 30 heavy (non-hydrogen) atoms. The van der Waals surface area contributed by atoms with Gasteiger partial charge in [0.1, 0.15) is 11.6 Å². The lowest BCUT2D eigenvalue weighted by atomic mass is 10.2. The number of likely N-dealkylation sites (tertiary alicyclic amines) is 1. The second-order valence-electron chi connectivity index (χ2n) is 8.08. The third-order valence-corrected chi connectivity index (χ3v) is 6.23. The summed E-state index contributed by atoms with van der Waals surface area (Å²) in [7, 11) is -2.70. The first-order chi connectivity index (χ1) is 14.0. The molecule has 162 valence electrons. The zero-order chi connectivity index (χ0) is 22.1. The molecular weight excluding hydrogens is 410 g/mol. The van der Waals surface area contributed by atoms with Crippen molar-refractivity contribution in [3.05, 3.63) is 36.7 Å². The summed E-state index contributed by atoms with van der Waals surface area (Å²) in [6.07, 6.45) is 2.49. The lowest BCUT2D eigenvalue weighted by molar-refractivity contribution is -0.145. The third-order valence-electron chi connectivity index (χ3n) is 4.65.